The van der Waals surface area contributed by atoms with Gasteiger partial charge in [0.25, 0.3) is 0 Å². The van der Waals surface area contributed by atoms with E-state index in [1.807, 2.05) is 0 Å². The van der Waals surface area contributed by atoms with E-state index >= 15 is 0 Å². The molecule has 0 spiro atoms. The first kappa shape index (κ1) is 15.8. The van der Waals surface area contributed by atoms with Gasteiger partial charge in [-0.3, -0.25) is 9.59 Å². The lowest BCUT2D eigenvalue weighted by atomic mass is 9.88. The number of nitrogens with zero attached hydrogens (tertiary/aromatic N) is 1. The van der Waals surface area contributed by atoms with Gasteiger partial charge in [-0.1, -0.05) is 0 Å². The molecular weight excluding hydrogens is 276 g/mol. The second-order valence-electron chi connectivity index (χ2n) is 5.79. The normalized spacial score (nSPS) is 25.2. The van der Waals surface area contributed by atoms with Gasteiger partial charge in [0, 0.05) is 46.1 Å². The molecule has 1 unspecified atom stereocenters. The molecule has 2 rings (SSSR count). The van der Waals surface area contributed by atoms with E-state index in [1.165, 1.54) is 6.92 Å². The van der Waals surface area contributed by atoms with Crippen molar-refractivity contribution in [2.45, 2.75) is 38.1 Å². The van der Waals surface area contributed by atoms with Crippen LogP contribution in [0, 0.1) is 5.92 Å². The highest BCUT2D eigenvalue weighted by atomic mass is 16.5. The number of nitrogens with one attached hydrogen (secondary N) is 1. The summed E-state index contributed by atoms with van der Waals surface area (Å²) < 4.78 is 5.18. The first-order valence-corrected chi connectivity index (χ1v) is 7.33. The van der Waals surface area contributed by atoms with Crippen LogP contribution >= 0.6 is 0 Å². The fourth-order valence-electron chi connectivity index (χ4n) is 2.93. The summed E-state index contributed by atoms with van der Waals surface area (Å²) in [4.78, 5) is 37.0. The molecule has 0 bridgehead atoms. The number of carboxylic acids is 1. The fraction of sp³-hybridized carbons (Fsp3) is 0.786. The van der Waals surface area contributed by atoms with E-state index in [-0.39, 0.29) is 30.6 Å². The Balaban J connectivity index is 2.02. The SMILES string of the molecule is CC(=O)N1CCCC(C(=O)NC2(C(=O)O)CCOCC2)C1. The van der Waals surface area contributed by atoms with Gasteiger partial charge >= 0.3 is 5.97 Å². The Bertz CT molecular complexity index is 431. The van der Waals surface area contributed by atoms with Crippen LogP contribution in [0.3, 0.4) is 0 Å². The third-order valence-corrected chi connectivity index (χ3v) is 4.36. The van der Waals surface area contributed by atoms with Crippen LogP contribution in [-0.2, 0) is 19.1 Å². The second-order valence-corrected chi connectivity index (χ2v) is 5.79. The molecule has 2 saturated heterocycles. The third-order valence-electron chi connectivity index (χ3n) is 4.36. The summed E-state index contributed by atoms with van der Waals surface area (Å²) in [5.74, 6) is -1.67. The predicted molar refractivity (Wildman–Crippen MR) is 73.5 cm³/mol. The smallest absolute Gasteiger partial charge is 0.329 e. The predicted octanol–water partition coefficient (Wildman–Crippen LogP) is -0.00510. The molecule has 0 aromatic heterocycles. The molecule has 0 saturated carbocycles. The van der Waals surface area contributed by atoms with Crippen LogP contribution in [0.5, 0.6) is 0 Å². The standard InChI is InChI=1S/C14H22N2O5/c1-10(17)16-6-2-3-11(9-16)12(18)15-14(13(19)20)4-7-21-8-5-14/h11H,2-9H2,1H3,(H,15,18)(H,19,20). The average molecular weight is 298 g/mol. The number of carbonyl (C=O) groups is 3. The molecule has 1 atom stereocenters. The van der Waals surface area contributed by atoms with Crippen LogP contribution in [-0.4, -0.2) is 59.6 Å². The zero-order valence-electron chi connectivity index (χ0n) is 12.3. The summed E-state index contributed by atoms with van der Waals surface area (Å²) in [7, 11) is 0. The third kappa shape index (κ3) is 3.53. The number of hydrogen-bond donors (Lipinski definition) is 2. The molecule has 0 radical (unpaired) electrons. The monoisotopic (exact) mass is 298 g/mol. The number of rotatable bonds is 3. The van der Waals surface area contributed by atoms with Crippen LogP contribution < -0.4 is 5.32 Å². The Labute approximate surface area is 123 Å². The van der Waals surface area contributed by atoms with E-state index in [9.17, 15) is 19.5 Å². The minimum atomic E-state index is -1.23. The van der Waals surface area contributed by atoms with Crippen molar-refractivity contribution in [1.82, 2.24) is 10.2 Å². The van der Waals surface area contributed by atoms with Crippen molar-refractivity contribution < 1.29 is 24.2 Å². The number of piperidine rings is 1. The summed E-state index contributed by atoms with van der Waals surface area (Å²) >= 11 is 0. The Kier molecular flexibility index (Phi) is 4.82. The lowest BCUT2D eigenvalue weighted by molar-refractivity contribution is -0.153. The molecular formula is C14H22N2O5. The minimum absolute atomic E-state index is 0.0495. The summed E-state index contributed by atoms with van der Waals surface area (Å²) in [5, 5.41) is 12.1. The molecule has 2 N–H and O–H groups in total. The van der Waals surface area contributed by atoms with Gasteiger partial charge < -0.3 is 20.1 Å². The molecule has 2 aliphatic heterocycles. The fourth-order valence-corrected chi connectivity index (χ4v) is 2.93. The van der Waals surface area contributed by atoms with Crippen LogP contribution in [0.15, 0.2) is 0 Å². The zero-order chi connectivity index (χ0) is 15.5. The number of carboxylic acid groups (broad SMARTS) is 1. The maximum Gasteiger partial charge on any atom is 0.329 e. The van der Waals surface area contributed by atoms with Crippen molar-refractivity contribution in [3.63, 3.8) is 0 Å². The lowest BCUT2D eigenvalue weighted by Gasteiger charge is -2.37. The van der Waals surface area contributed by atoms with Gasteiger partial charge in [0.2, 0.25) is 11.8 Å². The highest BCUT2D eigenvalue weighted by Gasteiger charge is 2.43. The first-order chi connectivity index (χ1) is 9.94. The van der Waals surface area contributed by atoms with Gasteiger partial charge in [0.05, 0.1) is 5.92 Å². The van der Waals surface area contributed by atoms with Crippen molar-refractivity contribution >= 4 is 17.8 Å². The van der Waals surface area contributed by atoms with Crippen LogP contribution in [0.1, 0.15) is 32.6 Å². The van der Waals surface area contributed by atoms with Gasteiger partial charge in [0.15, 0.2) is 0 Å². The van der Waals surface area contributed by atoms with Gasteiger partial charge in [-0.2, -0.15) is 0 Å². The molecule has 21 heavy (non-hydrogen) atoms. The van der Waals surface area contributed by atoms with E-state index in [0.29, 0.717) is 32.7 Å². The minimum Gasteiger partial charge on any atom is -0.480 e. The van der Waals surface area contributed by atoms with E-state index < -0.39 is 11.5 Å². The van der Waals surface area contributed by atoms with Crippen molar-refractivity contribution in [3.8, 4) is 0 Å². The Morgan fingerprint density at radius 1 is 1.29 bits per heavy atom. The van der Waals surface area contributed by atoms with Gasteiger partial charge in [0.1, 0.15) is 5.54 Å². The topological polar surface area (TPSA) is 95.9 Å². The maximum absolute atomic E-state index is 12.4. The molecule has 2 amide bonds. The number of hydrogen-bond acceptors (Lipinski definition) is 4. The molecule has 2 fully saturated rings. The van der Waals surface area contributed by atoms with E-state index in [1.54, 1.807) is 4.90 Å². The van der Waals surface area contributed by atoms with Crippen LogP contribution in [0.2, 0.25) is 0 Å². The van der Waals surface area contributed by atoms with Gasteiger partial charge in [-0.15, -0.1) is 0 Å². The van der Waals surface area contributed by atoms with Crippen LogP contribution in [0.25, 0.3) is 0 Å². The zero-order valence-corrected chi connectivity index (χ0v) is 12.3. The van der Waals surface area contributed by atoms with Crippen molar-refractivity contribution in [2.24, 2.45) is 5.92 Å². The molecule has 0 aliphatic carbocycles. The lowest BCUT2D eigenvalue weighted by Crippen LogP contribution is -2.59. The van der Waals surface area contributed by atoms with E-state index in [0.717, 1.165) is 6.42 Å². The number of carbonyl (C=O) groups excluding carboxylic acids is 2. The Hall–Kier alpha value is -1.63. The molecule has 118 valence electrons. The summed E-state index contributed by atoms with van der Waals surface area (Å²) in [6.07, 6.45) is 2.00. The quantitative estimate of drug-likeness (QED) is 0.764. The molecule has 7 heteroatoms. The summed E-state index contributed by atoms with van der Waals surface area (Å²) in [6, 6.07) is 0. The molecule has 7 nitrogen and oxygen atoms in total. The number of amides is 2. The molecule has 2 heterocycles. The Morgan fingerprint density at radius 3 is 2.52 bits per heavy atom. The first-order valence-electron chi connectivity index (χ1n) is 7.33. The van der Waals surface area contributed by atoms with E-state index in [2.05, 4.69) is 5.32 Å². The van der Waals surface area contributed by atoms with E-state index in [4.69, 9.17) is 4.74 Å². The summed E-state index contributed by atoms with van der Waals surface area (Å²) in [5.41, 5.74) is -1.23. The van der Waals surface area contributed by atoms with Crippen molar-refractivity contribution in [3.05, 3.63) is 0 Å². The number of ether oxygens (including phenoxy) is 1. The van der Waals surface area contributed by atoms with Gasteiger partial charge in [-0.05, 0) is 12.8 Å². The summed E-state index contributed by atoms with van der Waals surface area (Å²) in [6.45, 7) is 3.18. The van der Waals surface area contributed by atoms with Crippen LogP contribution in [0.4, 0.5) is 0 Å². The molecule has 0 aromatic rings. The van der Waals surface area contributed by atoms with Crippen molar-refractivity contribution in [1.29, 1.82) is 0 Å². The number of aliphatic carboxylic acids is 1. The maximum atomic E-state index is 12.4. The Morgan fingerprint density at radius 2 is 1.95 bits per heavy atom. The molecule has 2 aliphatic rings. The van der Waals surface area contributed by atoms with Gasteiger partial charge in [-0.25, -0.2) is 4.79 Å². The highest BCUT2D eigenvalue weighted by Crippen LogP contribution is 2.24. The average Bonchev–Trinajstić information content (AvgIpc) is 2.48. The van der Waals surface area contributed by atoms with Crippen molar-refractivity contribution in [2.75, 3.05) is 26.3 Å². The number of likely N-dealkylation sites (tertiary alicyclic amines) is 1. The largest absolute Gasteiger partial charge is 0.480 e. The second kappa shape index (κ2) is 6.43. The molecule has 0 aromatic carbocycles. The highest BCUT2D eigenvalue weighted by molar-refractivity contribution is 5.88.